The number of ether oxygens (including phenoxy) is 3. The Balaban J connectivity index is 1.57. The SMILES string of the molecule is COc1cccc(OC)c1-n1c(NS(=O)(=O)[C@@H](C)[C@@H](OC(C)C)c2ncc(C)cn2)nnc1[C@@H]1CC2CC1[C@H]2O. The normalized spacial score (nSPS) is 23.5. The van der Waals surface area contributed by atoms with Crippen LogP contribution >= 0.6 is 0 Å². The molecule has 0 amide bonds. The molecule has 2 N–H and O–H groups in total. The number of aromatic nitrogens is 5. The zero-order valence-corrected chi connectivity index (χ0v) is 24.3. The van der Waals surface area contributed by atoms with Gasteiger partial charge in [0, 0.05) is 18.3 Å². The lowest BCUT2D eigenvalue weighted by molar-refractivity contribution is 0.00151. The first-order valence-electron chi connectivity index (χ1n) is 13.4. The Morgan fingerprint density at radius 1 is 1.05 bits per heavy atom. The average Bonchev–Trinajstić information content (AvgIpc) is 3.63. The van der Waals surface area contributed by atoms with E-state index in [0.29, 0.717) is 23.0 Å². The number of aliphatic hydroxyl groups excluding tert-OH is 1. The van der Waals surface area contributed by atoms with Crippen molar-refractivity contribution in [3.8, 4) is 17.2 Å². The highest BCUT2D eigenvalue weighted by atomic mass is 32.2. The molecule has 2 unspecified atom stereocenters. The van der Waals surface area contributed by atoms with Crippen LogP contribution in [0, 0.1) is 18.8 Å². The number of hydrogen-bond acceptors (Lipinski definition) is 10. The zero-order valence-electron chi connectivity index (χ0n) is 23.5. The number of nitrogens with zero attached hydrogens (tertiary/aromatic N) is 5. The lowest BCUT2D eigenvalue weighted by atomic mass is 9.79. The molecule has 3 saturated carbocycles. The van der Waals surface area contributed by atoms with Crippen molar-refractivity contribution in [2.24, 2.45) is 11.8 Å². The summed E-state index contributed by atoms with van der Waals surface area (Å²) >= 11 is 0. The summed E-state index contributed by atoms with van der Waals surface area (Å²) in [7, 11) is -1.06. The van der Waals surface area contributed by atoms with E-state index in [9.17, 15) is 13.5 Å². The largest absolute Gasteiger partial charge is 0.494 e. The first kappa shape index (κ1) is 28.2. The molecule has 0 aliphatic heterocycles. The number of fused-ring (bicyclic) bond motifs is 1. The van der Waals surface area contributed by atoms with Crippen LogP contribution in [0.5, 0.6) is 11.5 Å². The van der Waals surface area contributed by atoms with Gasteiger partial charge in [-0.05, 0) is 70.1 Å². The van der Waals surface area contributed by atoms with Crippen LogP contribution < -0.4 is 14.2 Å². The van der Waals surface area contributed by atoms with Gasteiger partial charge in [-0.3, -0.25) is 9.29 Å². The lowest BCUT2D eigenvalue weighted by Gasteiger charge is -2.32. The van der Waals surface area contributed by atoms with Crippen LogP contribution in [0.15, 0.2) is 30.6 Å². The lowest BCUT2D eigenvalue weighted by Crippen LogP contribution is -2.35. The summed E-state index contributed by atoms with van der Waals surface area (Å²) in [5.74, 6) is 1.82. The molecule has 3 aliphatic rings. The van der Waals surface area contributed by atoms with Crippen LogP contribution in [0.25, 0.3) is 5.69 Å². The highest BCUT2D eigenvalue weighted by Crippen LogP contribution is 2.57. The Labute approximate surface area is 234 Å². The number of rotatable bonds is 11. The number of aliphatic hydroxyl groups is 1. The number of anilines is 1. The number of sulfonamides is 1. The van der Waals surface area contributed by atoms with Crippen LogP contribution in [0.4, 0.5) is 5.95 Å². The topological polar surface area (TPSA) is 151 Å². The predicted molar refractivity (Wildman–Crippen MR) is 147 cm³/mol. The third-order valence-electron chi connectivity index (χ3n) is 7.84. The molecule has 13 heteroatoms. The van der Waals surface area contributed by atoms with Gasteiger partial charge in [-0.2, -0.15) is 0 Å². The maximum atomic E-state index is 13.9. The minimum atomic E-state index is -4.12. The molecule has 3 aromatic rings. The standard InChI is InChI=1S/C27H36N6O6S/c1-14(2)39-24(25-28-12-15(3)13-29-25)16(4)40(35,36)32-27-31-30-26(19-11-17-10-18(19)23(17)34)33(27)22-20(37-5)8-7-9-21(22)38-6/h7-9,12-14,16-19,23-24,34H,10-11H2,1-6H3,(H,31,32)/t16-,17?,18?,19+,23-,24+/m0/s1. The monoisotopic (exact) mass is 572 g/mol. The molecule has 3 fully saturated rings. The Bertz CT molecular complexity index is 1440. The van der Waals surface area contributed by atoms with Crippen molar-refractivity contribution in [1.82, 2.24) is 24.7 Å². The van der Waals surface area contributed by atoms with E-state index >= 15 is 0 Å². The summed E-state index contributed by atoms with van der Waals surface area (Å²) in [5.41, 5.74) is 1.32. The molecule has 2 aromatic heterocycles. The van der Waals surface area contributed by atoms with Gasteiger partial charge in [0.2, 0.25) is 16.0 Å². The van der Waals surface area contributed by atoms with E-state index in [-0.39, 0.29) is 35.6 Å². The Morgan fingerprint density at radius 3 is 2.23 bits per heavy atom. The quantitative estimate of drug-likeness (QED) is 0.351. The smallest absolute Gasteiger partial charge is 0.243 e. The summed E-state index contributed by atoms with van der Waals surface area (Å²) < 4.78 is 49.4. The molecule has 12 nitrogen and oxygen atoms in total. The minimum Gasteiger partial charge on any atom is -0.494 e. The van der Waals surface area contributed by atoms with Crippen molar-refractivity contribution in [3.63, 3.8) is 0 Å². The van der Waals surface area contributed by atoms with Gasteiger partial charge in [0.05, 0.1) is 26.4 Å². The molecular formula is C27H36N6O6S. The van der Waals surface area contributed by atoms with Crippen molar-refractivity contribution in [2.75, 3.05) is 18.9 Å². The van der Waals surface area contributed by atoms with Gasteiger partial charge < -0.3 is 19.3 Å². The summed E-state index contributed by atoms with van der Waals surface area (Å²) in [6.45, 7) is 7.05. The second kappa shape index (κ2) is 10.9. The van der Waals surface area contributed by atoms with E-state index in [1.807, 2.05) is 20.8 Å². The molecule has 3 aliphatic carbocycles. The maximum absolute atomic E-state index is 13.9. The van der Waals surface area contributed by atoms with Crippen molar-refractivity contribution in [1.29, 1.82) is 0 Å². The predicted octanol–water partition coefficient (Wildman–Crippen LogP) is 3.16. The summed E-state index contributed by atoms with van der Waals surface area (Å²) in [4.78, 5) is 8.68. The van der Waals surface area contributed by atoms with Crippen LogP contribution in [-0.4, -0.2) is 69.9 Å². The van der Waals surface area contributed by atoms with Crippen molar-refractivity contribution in [2.45, 2.75) is 70.0 Å². The number of aryl methyl sites for hydroxylation is 1. The van der Waals surface area contributed by atoms with E-state index in [0.717, 1.165) is 18.4 Å². The van der Waals surface area contributed by atoms with E-state index in [4.69, 9.17) is 14.2 Å². The number of methoxy groups -OCH3 is 2. The van der Waals surface area contributed by atoms with Gasteiger partial charge in [0.15, 0.2) is 5.82 Å². The van der Waals surface area contributed by atoms with E-state index in [2.05, 4.69) is 24.9 Å². The van der Waals surface area contributed by atoms with Crippen molar-refractivity contribution < 1.29 is 27.7 Å². The first-order valence-corrected chi connectivity index (χ1v) is 14.9. The Morgan fingerprint density at radius 2 is 1.70 bits per heavy atom. The van der Waals surface area contributed by atoms with Crippen LogP contribution in [-0.2, 0) is 14.8 Å². The van der Waals surface area contributed by atoms with E-state index in [1.54, 1.807) is 42.1 Å². The fourth-order valence-electron chi connectivity index (χ4n) is 5.70. The van der Waals surface area contributed by atoms with Gasteiger partial charge in [0.25, 0.3) is 0 Å². The Kier molecular flexibility index (Phi) is 7.73. The number of benzene rings is 1. The zero-order chi connectivity index (χ0) is 28.8. The Hall–Kier alpha value is -3.29. The van der Waals surface area contributed by atoms with Gasteiger partial charge in [-0.15, -0.1) is 10.2 Å². The third-order valence-corrected chi connectivity index (χ3v) is 9.53. The highest BCUT2D eigenvalue weighted by Gasteiger charge is 2.54. The van der Waals surface area contributed by atoms with Crippen molar-refractivity contribution in [3.05, 3.63) is 47.8 Å². The van der Waals surface area contributed by atoms with Gasteiger partial charge >= 0.3 is 0 Å². The molecule has 216 valence electrons. The van der Waals surface area contributed by atoms with Crippen LogP contribution in [0.2, 0.25) is 0 Å². The molecular weight excluding hydrogens is 536 g/mol. The molecule has 0 radical (unpaired) electrons. The van der Waals surface area contributed by atoms with Crippen LogP contribution in [0.1, 0.15) is 62.8 Å². The fraction of sp³-hybridized carbons (Fsp3) is 0.556. The van der Waals surface area contributed by atoms with Gasteiger partial charge in [0.1, 0.15) is 34.4 Å². The van der Waals surface area contributed by atoms with Crippen LogP contribution in [0.3, 0.4) is 0 Å². The maximum Gasteiger partial charge on any atom is 0.243 e. The summed E-state index contributed by atoms with van der Waals surface area (Å²) in [6, 6.07) is 5.29. The fourth-order valence-corrected chi connectivity index (χ4v) is 6.78. The minimum absolute atomic E-state index is 0.0173. The molecule has 0 saturated heterocycles. The van der Waals surface area contributed by atoms with Gasteiger partial charge in [-0.1, -0.05) is 6.07 Å². The molecule has 0 spiro atoms. The van der Waals surface area contributed by atoms with Gasteiger partial charge in [-0.25, -0.2) is 18.4 Å². The second-order valence-electron chi connectivity index (χ2n) is 10.8. The molecule has 6 atom stereocenters. The summed E-state index contributed by atoms with van der Waals surface area (Å²) in [5, 5.41) is 18.2. The molecule has 40 heavy (non-hydrogen) atoms. The third kappa shape index (κ3) is 5.01. The summed E-state index contributed by atoms with van der Waals surface area (Å²) in [6.07, 6.45) is 3.27. The van der Waals surface area contributed by atoms with Crippen molar-refractivity contribution >= 4 is 16.0 Å². The van der Waals surface area contributed by atoms with E-state index in [1.165, 1.54) is 14.2 Å². The van der Waals surface area contributed by atoms with E-state index < -0.39 is 27.5 Å². The molecule has 1 aromatic carbocycles. The molecule has 2 heterocycles. The average molecular weight is 573 g/mol. The second-order valence-corrected chi connectivity index (χ2v) is 12.8. The number of nitrogens with one attached hydrogen (secondary N) is 1. The molecule has 2 bridgehead atoms. The number of hydrogen-bond donors (Lipinski definition) is 2. The number of para-hydroxylation sites is 1. The molecule has 6 rings (SSSR count). The first-order chi connectivity index (χ1) is 19.1. The highest BCUT2D eigenvalue weighted by molar-refractivity contribution is 7.93.